The van der Waals surface area contributed by atoms with Gasteiger partial charge in [0.05, 0.1) is 14.2 Å². The van der Waals surface area contributed by atoms with Crippen molar-refractivity contribution in [1.29, 1.82) is 0 Å². The first kappa shape index (κ1) is 17.5. The highest BCUT2D eigenvalue weighted by Crippen LogP contribution is 2.35. The third kappa shape index (κ3) is 2.64. The van der Waals surface area contributed by atoms with Gasteiger partial charge in [-0.3, -0.25) is 4.79 Å². The molecule has 0 N–H and O–H groups in total. The lowest BCUT2D eigenvalue weighted by Gasteiger charge is -2.12. The Hall–Kier alpha value is -3.87. The van der Waals surface area contributed by atoms with Crippen LogP contribution in [0.4, 0.5) is 0 Å². The molecule has 7 nitrogen and oxygen atoms in total. The molecule has 4 aromatic rings. The van der Waals surface area contributed by atoms with Gasteiger partial charge in [0.1, 0.15) is 27.9 Å². The van der Waals surface area contributed by atoms with Gasteiger partial charge in [0.15, 0.2) is 11.3 Å². The molecule has 0 spiro atoms. The van der Waals surface area contributed by atoms with E-state index in [1.54, 1.807) is 42.5 Å². The Bertz CT molecular complexity index is 1340. The Morgan fingerprint density at radius 1 is 0.857 bits per heavy atom. The molecule has 2 heterocycles. The Kier molecular flexibility index (Phi) is 4.19. The van der Waals surface area contributed by atoms with Gasteiger partial charge in [-0.15, -0.1) is 0 Å². The number of hydrogen-bond donors (Lipinski definition) is 0. The van der Waals surface area contributed by atoms with E-state index >= 15 is 0 Å². The molecule has 0 radical (unpaired) electrons. The first-order chi connectivity index (χ1) is 13.5. The fraction of sp³-hybridized carbons (Fsp3) is 0.0952. The monoisotopic (exact) mass is 378 g/mol. The average molecular weight is 378 g/mol. The van der Waals surface area contributed by atoms with Crippen LogP contribution in [0.5, 0.6) is 11.5 Å². The molecule has 4 rings (SSSR count). The summed E-state index contributed by atoms with van der Waals surface area (Å²) in [6.07, 6.45) is 0. The molecule has 0 atom stereocenters. The van der Waals surface area contributed by atoms with Gasteiger partial charge in [-0.25, -0.2) is 9.59 Å². The zero-order chi connectivity index (χ0) is 19.8. The zero-order valence-corrected chi connectivity index (χ0v) is 15.0. The molecular weight excluding hydrogens is 364 g/mol. The van der Waals surface area contributed by atoms with Crippen molar-refractivity contribution in [2.75, 3.05) is 14.2 Å². The number of ketones is 1. The maximum absolute atomic E-state index is 13.1. The Morgan fingerprint density at radius 2 is 1.57 bits per heavy atom. The number of ether oxygens (including phenoxy) is 2. The summed E-state index contributed by atoms with van der Waals surface area (Å²) in [6.45, 7) is 0. The maximum atomic E-state index is 13.1. The van der Waals surface area contributed by atoms with Gasteiger partial charge in [-0.1, -0.05) is 24.3 Å². The van der Waals surface area contributed by atoms with Gasteiger partial charge >= 0.3 is 11.3 Å². The molecule has 0 aliphatic rings. The molecule has 0 fully saturated rings. The molecule has 140 valence electrons. The van der Waals surface area contributed by atoms with E-state index in [0.29, 0.717) is 22.1 Å². The summed E-state index contributed by atoms with van der Waals surface area (Å²) in [7, 11) is 2.76. The highest BCUT2D eigenvalue weighted by Gasteiger charge is 2.27. The Balaban J connectivity index is 2.03. The minimum absolute atomic E-state index is 0.0266. The number of carbonyl (C=O) groups is 1. The van der Waals surface area contributed by atoms with Crippen LogP contribution in [0, 0.1) is 0 Å². The van der Waals surface area contributed by atoms with Gasteiger partial charge in [0.2, 0.25) is 5.78 Å². The first-order valence-electron chi connectivity index (χ1n) is 8.30. The molecular formula is C21H14O7. The third-order valence-corrected chi connectivity index (χ3v) is 4.39. The van der Waals surface area contributed by atoms with Crippen molar-refractivity contribution in [2.45, 2.75) is 0 Å². The van der Waals surface area contributed by atoms with Crippen molar-refractivity contribution in [1.82, 2.24) is 0 Å². The Morgan fingerprint density at radius 3 is 2.32 bits per heavy atom. The van der Waals surface area contributed by atoms with Crippen molar-refractivity contribution in [3.05, 3.63) is 80.5 Å². The number of para-hydroxylation sites is 1. The van der Waals surface area contributed by atoms with Crippen LogP contribution in [-0.2, 0) is 0 Å². The number of benzene rings is 2. The largest absolute Gasteiger partial charge is 0.496 e. The topological polar surface area (TPSA) is 96.0 Å². The average Bonchev–Trinajstić information content (AvgIpc) is 2.71. The van der Waals surface area contributed by atoms with E-state index in [-0.39, 0.29) is 16.9 Å². The summed E-state index contributed by atoms with van der Waals surface area (Å²) in [5, 5.41) is 0.868. The van der Waals surface area contributed by atoms with E-state index in [1.165, 1.54) is 20.3 Å². The van der Waals surface area contributed by atoms with Gasteiger partial charge < -0.3 is 18.3 Å². The third-order valence-electron chi connectivity index (χ3n) is 4.39. The standard InChI is InChI=1S/C21H14O7/c1-25-14-8-5-9-15-16(14)19(26-2)17(21(24)28-15)18(22)12-10-11-6-3-4-7-13(11)27-20(12)23/h3-10H,1-2H3. The number of hydrogen-bond acceptors (Lipinski definition) is 7. The second kappa shape index (κ2) is 6.70. The molecule has 28 heavy (non-hydrogen) atoms. The zero-order valence-electron chi connectivity index (χ0n) is 15.0. The molecule has 0 amide bonds. The normalized spacial score (nSPS) is 10.9. The summed E-state index contributed by atoms with van der Waals surface area (Å²) in [4.78, 5) is 38.0. The fourth-order valence-electron chi connectivity index (χ4n) is 3.11. The van der Waals surface area contributed by atoms with E-state index in [4.69, 9.17) is 18.3 Å². The van der Waals surface area contributed by atoms with Crippen molar-refractivity contribution < 1.29 is 23.1 Å². The first-order valence-corrected chi connectivity index (χ1v) is 8.30. The number of rotatable bonds is 4. The summed E-state index contributed by atoms with van der Waals surface area (Å²) >= 11 is 0. The summed E-state index contributed by atoms with van der Waals surface area (Å²) in [5.74, 6) is -0.517. The van der Waals surface area contributed by atoms with Crippen molar-refractivity contribution in [3.63, 3.8) is 0 Å². The van der Waals surface area contributed by atoms with Crippen molar-refractivity contribution in [3.8, 4) is 11.5 Å². The molecule has 0 unspecified atom stereocenters. The molecule has 7 heteroatoms. The second-order valence-electron chi connectivity index (χ2n) is 5.95. The maximum Gasteiger partial charge on any atom is 0.351 e. The predicted molar refractivity (Wildman–Crippen MR) is 102 cm³/mol. The number of methoxy groups -OCH3 is 2. The summed E-state index contributed by atoms with van der Waals surface area (Å²) in [5.41, 5.74) is -1.94. The van der Waals surface area contributed by atoms with Crippen LogP contribution in [0.2, 0.25) is 0 Å². The van der Waals surface area contributed by atoms with Gasteiger partial charge in [-0.2, -0.15) is 0 Å². The molecule has 2 aromatic heterocycles. The van der Waals surface area contributed by atoms with Crippen LogP contribution in [0.25, 0.3) is 21.9 Å². The van der Waals surface area contributed by atoms with Crippen LogP contribution in [0.15, 0.2) is 67.0 Å². The highest BCUT2D eigenvalue weighted by atomic mass is 16.5. The Labute approximate surface area is 157 Å². The molecule has 0 saturated carbocycles. The van der Waals surface area contributed by atoms with Crippen molar-refractivity contribution >= 4 is 27.7 Å². The lowest BCUT2D eigenvalue weighted by atomic mass is 10.0. The van der Waals surface area contributed by atoms with Crippen LogP contribution in [-0.4, -0.2) is 20.0 Å². The van der Waals surface area contributed by atoms with E-state index in [9.17, 15) is 14.4 Å². The quantitative estimate of drug-likeness (QED) is 0.397. The lowest BCUT2D eigenvalue weighted by molar-refractivity contribution is 0.102. The molecule has 0 aliphatic heterocycles. The summed E-state index contributed by atoms with van der Waals surface area (Å²) in [6, 6.07) is 13.0. The molecule has 0 saturated heterocycles. The lowest BCUT2D eigenvalue weighted by Crippen LogP contribution is -2.22. The fourth-order valence-corrected chi connectivity index (χ4v) is 3.11. The van der Waals surface area contributed by atoms with E-state index in [2.05, 4.69) is 0 Å². The molecule has 0 aliphatic carbocycles. The van der Waals surface area contributed by atoms with Gasteiger partial charge in [0, 0.05) is 5.39 Å². The van der Waals surface area contributed by atoms with E-state index < -0.39 is 22.6 Å². The SMILES string of the molecule is COc1cccc2oc(=O)c(C(=O)c3cc4ccccc4oc3=O)c(OC)c12. The van der Waals surface area contributed by atoms with Gasteiger partial charge in [0.25, 0.3) is 0 Å². The van der Waals surface area contributed by atoms with Crippen LogP contribution >= 0.6 is 0 Å². The number of carbonyl (C=O) groups excluding carboxylic acids is 1. The van der Waals surface area contributed by atoms with Crippen LogP contribution < -0.4 is 20.7 Å². The summed E-state index contributed by atoms with van der Waals surface area (Å²) < 4.78 is 21.1. The second-order valence-corrected chi connectivity index (χ2v) is 5.95. The van der Waals surface area contributed by atoms with Crippen LogP contribution in [0.3, 0.4) is 0 Å². The van der Waals surface area contributed by atoms with E-state index in [0.717, 1.165) is 0 Å². The van der Waals surface area contributed by atoms with Crippen LogP contribution in [0.1, 0.15) is 15.9 Å². The predicted octanol–water partition coefficient (Wildman–Crippen LogP) is 3.15. The van der Waals surface area contributed by atoms with Crippen molar-refractivity contribution in [2.24, 2.45) is 0 Å². The highest BCUT2D eigenvalue weighted by molar-refractivity contribution is 6.13. The molecule has 2 aromatic carbocycles. The molecule has 0 bridgehead atoms. The van der Waals surface area contributed by atoms with E-state index in [1.807, 2.05) is 0 Å². The minimum Gasteiger partial charge on any atom is -0.496 e. The van der Waals surface area contributed by atoms with Gasteiger partial charge in [-0.05, 0) is 24.3 Å². The number of fused-ring (bicyclic) bond motifs is 2. The smallest absolute Gasteiger partial charge is 0.351 e. The minimum atomic E-state index is -0.921.